The molecule has 2 rings (SSSR count). The molecule has 0 amide bonds. The van der Waals surface area contributed by atoms with Gasteiger partial charge in [0.1, 0.15) is 29.8 Å². The van der Waals surface area contributed by atoms with Gasteiger partial charge in [-0.1, -0.05) is 26.0 Å². The van der Waals surface area contributed by atoms with Gasteiger partial charge in [-0.15, -0.1) is 0 Å². The molecular weight excluding hydrogens is 362 g/mol. The molecule has 2 aromatic rings. The first-order valence-electron chi connectivity index (χ1n) is 8.84. The normalized spacial score (nSPS) is 11.3. The molecule has 0 saturated heterocycles. The van der Waals surface area contributed by atoms with Gasteiger partial charge < -0.3 is 14.1 Å². The van der Waals surface area contributed by atoms with Crippen LogP contribution < -0.4 is 0 Å². The van der Waals surface area contributed by atoms with Gasteiger partial charge in [-0.3, -0.25) is 10.1 Å². The van der Waals surface area contributed by atoms with E-state index in [0.29, 0.717) is 17.9 Å². The van der Waals surface area contributed by atoms with Gasteiger partial charge in [0.05, 0.1) is 4.92 Å². The molecule has 0 saturated carbocycles. The first-order valence-corrected chi connectivity index (χ1v) is 8.84. The summed E-state index contributed by atoms with van der Waals surface area (Å²) >= 11 is 0. The highest BCUT2D eigenvalue weighted by Gasteiger charge is 2.14. The molecular formula is C20H21N3O5. The second kappa shape index (κ2) is 10.0. The lowest BCUT2D eigenvalue weighted by Gasteiger charge is -2.17. The van der Waals surface area contributed by atoms with Crippen LogP contribution in [0.4, 0.5) is 5.69 Å². The zero-order chi connectivity index (χ0) is 20.5. The molecule has 0 N–H and O–H groups in total. The molecule has 0 aliphatic rings. The number of carbonyl (C=O) groups excluding carboxylic acids is 1. The standard InChI is InChI=1S/C20H21N3O5/c1-3-22(4-2)10-11-27-20(24)16(14-21)13-18-8-9-19(28-18)15-6-5-7-17(12-15)23(25)26/h5-9,12-13H,3-4,10-11H2,1-2H3/b16-13-. The molecule has 0 bridgehead atoms. The van der Waals surface area contributed by atoms with Crippen LogP contribution in [-0.4, -0.2) is 42.0 Å². The summed E-state index contributed by atoms with van der Waals surface area (Å²) < 4.78 is 10.7. The average molecular weight is 383 g/mol. The molecule has 146 valence electrons. The monoisotopic (exact) mass is 383 g/mol. The minimum atomic E-state index is -0.719. The molecule has 1 aromatic heterocycles. The molecule has 28 heavy (non-hydrogen) atoms. The lowest BCUT2D eigenvalue weighted by Crippen LogP contribution is -2.28. The third-order valence-electron chi connectivity index (χ3n) is 4.13. The van der Waals surface area contributed by atoms with Crippen LogP contribution in [0.1, 0.15) is 19.6 Å². The van der Waals surface area contributed by atoms with E-state index in [-0.39, 0.29) is 23.6 Å². The number of carbonyl (C=O) groups is 1. The number of benzene rings is 1. The molecule has 0 aliphatic carbocycles. The van der Waals surface area contributed by atoms with Crippen molar-refractivity contribution in [2.75, 3.05) is 26.2 Å². The third kappa shape index (κ3) is 5.53. The fourth-order valence-corrected chi connectivity index (χ4v) is 2.52. The van der Waals surface area contributed by atoms with Crippen molar-refractivity contribution in [1.82, 2.24) is 4.90 Å². The Morgan fingerprint density at radius 2 is 2.07 bits per heavy atom. The summed E-state index contributed by atoms with van der Waals surface area (Å²) in [6.45, 7) is 6.51. The van der Waals surface area contributed by atoms with Gasteiger partial charge in [-0.05, 0) is 25.2 Å². The maximum Gasteiger partial charge on any atom is 0.349 e. The van der Waals surface area contributed by atoms with Crippen molar-refractivity contribution in [1.29, 1.82) is 5.26 Å². The van der Waals surface area contributed by atoms with E-state index in [4.69, 9.17) is 9.15 Å². The quantitative estimate of drug-likeness (QED) is 0.214. The number of nitro groups is 1. The number of hydrogen-bond acceptors (Lipinski definition) is 7. The van der Waals surface area contributed by atoms with Crippen LogP contribution in [0.3, 0.4) is 0 Å². The van der Waals surface area contributed by atoms with E-state index < -0.39 is 10.9 Å². The fraction of sp³-hybridized carbons (Fsp3) is 0.300. The topological polar surface area (TPSA) is 110 Å². The molecule has 8 heteroatoms. The van der Waals surface area contributed by atoms with Gasteiger partial charge in [-0.2, -0.15) is 5.26 Å². The van der Waals surface area contributed by atoms with Crippen LogP contribution in [0.2, 0.25) is 0 Å². The first-order chi connectivity index (χ1) is 13.5. The summed E-state index contributed by atoms with van der Waals surface area (Å²) in [6, 6.07) is 11.0. The van der Waals surface area contributed by atoms with E-state index in [1.165, 1.54) is 18.2 Å². The van der Waals surface area contributed by atoms with Gasteiger partial charge in [0.15, 0.2) is 0 Å². The van der Waals surface area contributed by atoms with E-state index in [1.54, 1.807) is 24.3 Å². The largest absolute Gasteiger partial charge is 0.460 e. The highest BCUT2D eigenvalue weighted by atomic mass is 16.6. The SMILES string of the molecule is CCN(CC)CCOC(=O)/C(C#N)=C\c1ccc(-c2cccc([N+](=O)[O-])c2)o1. The minimum Gasteiger partial charge on any atom is -0.460 e. The summed E-state index contributed by atoms with van der Waals surface area (Å²) in [5.41, 5.74) is 0.286. The van der Waals surface area contributed by atoms with Crippen LogP contribution in [0.25, 0.3) is 17.4 Å². The fourth-order valence-electron chi connectivity index (χ4n) is 2.52. The Hall–Kier alpha value is -3.44. The van der Waals surface area contributed by atoms with E-state index in [0.717, 1.165) is 13.1 Å². The highest BCUT2D eigenvalue weighted by molar-refractivity contribution is 5.97. The molecule has 0 unspecified atom stereocenters. The van der Waals surface area contributed by atoms with E-state index in [1.807, 2.05) is 19.9 Å². The van der Waals surface area contributed by atoms with Crippen molar-refractivity contribution in [3.63, 3.8) is 0 Å². The smallest absolute Gasteiger partial charge is 0.349 e. The van der Waals surface area contributed by atoms with Gasteiger partial charge >= 0.3 is 5.97 Å². The lowest BCUT2D eigenvalue weighted by molar-refractivity contribution is -0.384. The van der Waals surface area contributed by atoms with E-state index >= 15 is 0 Å². The third-order valence-corrected chi connectivity index (χ3v) is 4.13. The second-order valence-electron chi connectivity index (χ2n) is 5.84. The Morgan fingerprint density at radius 3 is 2.71 bits per heavy atom. The number of hydrogen-bond donors (Lipinski definition) is 0. The molecule has 1 aromatic carbocycles. The Morgan fingerprint density at radius 1 is 1.32 bits per heavy atom. The zero-order valence-corrected chi connectivity index (χ0v) is 15.8. The highest BCUT2D eigenvalue weighted by Crippen LogP contribution is 2.26. The van der Waals surface area contributed by atoms with Crippen molar-refractivity contribution >= 4 is 17.7 Å². The molecule has 0 spiro atoms. The zero-order valence-electron chi connectivity index (χ0n) is 15.8. The van der Waals surface area contributed by atoms with Gasteiger partial charge in [0.2, 0.25) is 0 Å². The summed E-state index contributed by atoms with van der Waals surface area (Å²) in [5, 5.41) is 20.1. The van der Waals surface area contributed by atoms with Crippen molar-refractivity contribution in [2.24, 2.45) is 0 Å². The molecule has 0 fully saturated rings. The van der Waals surface area contributed by atoms with E-state index in [9.17, 15) is 20.2 Å². The van der Waals surface area contributed by atoms with Crippen molar-refractivity contribution < 1.29 is 18.9 Å². The number of esters is 1. The second-order valence-corrected chi connectivity index (χ2v) is 5.84. The number of ether oxygens (including phenoxy) is 1. The van der Waals surface area contributed by atoms with Crippen LogP contribution >= 0.6 is 0 Å². The maximum absolute atomic E-state index is 12.1. The Labute approximate surface area is 162 Å². The predicted molar refractivity (Wildman–Crippen MR) is 103 cm³/mol. The number of nitro benzene ring substituents is 1. The van der Waals surface area contributed by atoms with Gasteiger partial charge in [0, 0.05) is 30.3 Å². The van der Waals surface area contributed by atoms with Crippen LogP contribution in [0.15, 0.2) is 46.4 Å². The van der Waals surface area contributed by atoms with Crippen molar-refractivity contribution in [3.8, 4) is 17.4 Å². The summed E-state index contributed by atoms with van der Waals surface area (Å²) in [4.78, 5) is 24.6. The van der Waals surface area contributed by atoms with E-state index in [2.05, 4.69) is 4.90 Å². The average Bonchev–Trinajstić information content (AvgIpc) is 3.18. The van der Waals surface area contributed by atoms with Crippen molar-refractivity contribution in [2.45, 2.75) is 13.8 Å². The lowest BCUT2D eigenvalue weighted by atomic mass is 10.1. The summed E-state index contributed by atoms with van der Waals surface area (Å²) in [6.07, 6.45) is 1.29. The van der Waals surface area contributed by atoms with Gasteiger partial charge in [-0.25, -0.2) is 4.79 Å². The molecule has 8 nitrogen and oxygen atoms in total. The number of nitrogens with zero attached hydrogens (tertiary/aromatic N) is 3. The molecule has 1 heterocycles. The number of rotatable bonds is 9. The Kier molecular flexibility index (Phi) is 7.48. The number of likely N-dealkylation sites (N-methyl/N-ethyl adjacent to an activating group) is 1. The van der Waals surface area contributed by atoms with Gasteiger partial charge in [0.25, 0.3) is 5.69 Å². The minimum absolute atomic E-state index is 0.0551. The Bertz CT molecular complexity index is 907. The number of furan rings is 1. The Balaban J connectivity index is 2.09. The maximum atomic E-state index is 12.1. The first kappa shape index (κ1) is 20.9. The molecule has 0 radical (unpaired) electrons. The number of non-ortho nitro benzene ring substituents is 1. The van der Waals surface area contributed by atoms with Crippen LogP contribution in [0, 0.1) is 21.4 Å². The summed E-state index contributed by atoms with van der Waals surface area (Å²) in [7, 11) is 0. The molecule has 0 atom stereocenters. The van der Waals surface area contributed by atoms with Crippen molar-refractivity contribution in [3.05, 3.63) is 57.8 Å². The summed E-state index contributed by atoms with van der Waals surface area (Å²) in [5.74, 6) is -0.0520. The molecule has 0 aliphatic heterocycles. The van der Waals surface area contributed by atoms with Crippen LogP contribution in [0.5, 0.6) is 0 Å². The number of nitriles is 1. The predicted octanol–water partition coefficient (Wildman–Crippen LogP) is 3.65. The van der Waals surface area contributed by atoms with Crippen LogP contribution in [-0.2, 0) is 9.53 Å².